The molecule has 0 spiro atoms. The second kappa shape index (κ2) is 14.9. The molecule has 0 nitrogen and oxygen atoms in total. The molecule has 1 heteroatoms. The fourth-order valence-electron chi connectivity index (χ4n) is 2.47. The number of unbranched alkanes of at least 4 members (excludes halogenated alkanes) is 9. The van der Waals surface area contributed by atoms with Gasteiger partial charge in [0.1, 0.15) is 0 Å². The molecule has 0 saturated carbocycles. The average Bonchev–Trinajstić information content (AvgIpc) is 2.36. The Balaban J connectivity index is 3.03. The van der Waals surface area contributed by atoms with Crippen LogP contribution in [0.3, 0.4) is 0 Å². The van der Waals surface area contributed by atoms with Gasteiger partial charge in [0.15, 0.2) is 0 Å². The first-order chi connectivity index (χ1) is 8.35. The minimum absolute atomic E-state index is 0.800. The van der Waals surface area contributed by atoms with Gasteiger partial charge < -0.3 is 0 Å². The second-order valence-electron chi connectivity index (χ2n) is 5.39. The van der Waals surface area contributed by atoms with E-state index in [1.807, 2.05) is 0 Å². The van der Waals surface area contributed by atoms with Crippen LogP contribution in [-0.2, 0) is 0 Å². The van der Waals surface area contributed by atoms with E-state index in [-0.39, 0.29) is 0 Å². The standard InChI is InChI=1S/C12H25.2C2H5.Sn/c1-3-5-7-9-11-12-10-8-6-4-2;2*1-2;/h1,3-12H2,2H3;2*1H2,2H3;. The molecule has 0 rings (SSSR count). The Morgan fingerprint density at radius 3 is 1.35 bits per heavy atom. The quantitative estimate of drug-likeness (QED) is 0.266. The van der Waals surface area contributed by atoms with Crippen LogP contribution in [0.4, 0.5) is 0 Å². The predicted octanol–water partition coefficient (Wildman–Crippen LogP) is 6.44. The van der Waals surface area contributed by atoms with E-state index in [4.69, 9.17) is 0 Å². The molecule has 0 aromatic heterocycles. The zero-order valence-corrected chi connectivity index (χ0v) is 15.5. The fraction of sp³-hybridized carbons (Fsp3) is 1.00. The van der Waals surface area contributed by atoms with E-state index in [1.54, 1.807) is 19.7 Å². The monoisotopic (exact) mass is 347 g/mol. The molecule has 0 N–H and O–H groups in total. The normalized spacial score (nSPS) is 11.3. The van der Waals surface area contributed by atoms with Gasteiger partial charge in [0.25, 0.3) is 0 Å². The van der Waals surface area contributed by atoms with Crippen LogP contribution in [0.1, 0.15) is 85.0 Å². The van der Waals surface area contributed by atoms with Crippen LogP contribution in [-0.4, -0.2) is 19.8 Å². The maximum atomic E-state index is 2.43. The topological polar surface area (TPSA) is 0 Å². The summed E-state index contributed by atoms with van der Waals surface area (Å²) >= 11 is -0.800. The van der Waals surface area contributed by atoms with E-state index >= 15 is 0 Å². The van der Waals surface area contributed by atoms with Crippen molar-refractivity contribution in [3.8, 4) is 0 Å². The van der Waals surface area contributed by atoms with Crippen molar-refractivity contribution < 1.29 is 0 Å². The first-order valence-electron chi connectivity index (χ1n) is 8.18. The van der Waals surface area contributed by atoms with Crippen LogP contribution in [0.25, 0.3) is 0 Å². The molecular weight excluding hydrogens is 311 g/mol. The Morgan fingerprint density at radius 2 is 0.941 bits per heavy atom. The summed E-state index contributed by atoms with van der Waals surface area (Å²) in [6.45, 7) is 7.15. The van der Waals surface area contributed by atoms with Crippen LogP contribution in [0.15, 0.2) is 0 Å². The molecule has 0 bridgehead atoms. The van der Waals surface area contributed by atoms with Gasteiger partial charge in [0, 0.05) is 0 Å². The predicted molar refractivity (Wildman–Crippen MR) is 83.4 cm³/mol. The first kappa shape index (κ1) is 17.8. The molecule has 0 aromatic carbocycles. The number of hydrogen-bond donors (Lipinski definition) is 0. The molecule has 0 saturated heterocycles. The van der Waals surface area contributed by atoms with Crippen LogP contribution in [0.5, 0.6) is 0 Å². The van der Waals surface area contributed by atoms with Crippen molar-refractivity contribution in [1.29, 1.82) is 0 Å². The van der Waals surface area contributed by atoms with E-state index < -0.39 is 19.8 Å². The van der Waals surface area contributed by atoms with Gasteiger partial charge >= 0.3 is 118 Å². The molecule has 0 fully saturated rings. The van der Waals surface area contributed by atoms with Gasteiger partial charge in [-0.3, -0.25) is 0 Å². The minimum atomic E-state index is -0.800. The molecular formula is C16H35Sn. The molecule has 0 aliphatic carbocycles. The van der Waals surface area contributed by atoms with E-state index in [0.29, 0.717) is 0 Å². The molecule has 0 heterocycles. The Kier molecular flexibility index (Phi) is 15.6. The Labute approximate surface area is 118 Å². The third-order valence-electron chi connectivity index (χ3n) is 3.88. The van der Waals surface area contributed by atoms with Crippen LogP contribution < -0.4 is 0 Å². The zero-order chi connectivity index (χ0) is 12.8. The summed E-state index contributed by atoms with van der Waals surface area (Å²) in [5.74, 6) is 0. The molecule has 103 valence electrons. The summed E-state index contributed by atoms with van der Waals surface area (Å²) in [4.78, 5) is 0. The third kappa shape index (κ3) is 13.0. The molecule has 0 aromatic rings. The van der Waals surface area contributed by atoms with Crippen molar-refractivity contribution in [3.63, 3.8) is 0 Å². The van der Waals surface area contributed by atoms with Gasteiger partial charge in [0.2, 0.25) is 0 Å². The van der Waals surface area contributed by atoms with E-state index in [2.05, 4.69) is 20.8 Å². The maximum absolute atomic E-state index is 2.43. The summed E-state index contributed by atoms with van der Waals surface area (Å²) < 4.78 is 4.83. The molecule has 0 aliphatic rings. The van der Waals surface area contributed by atoms with E-state index in [0.717, 1.165) is 0 Å². The van der Waals surface area contributed by atoms with Crippen LogP contribution >= 0.6 is 0 Å². The molecule has 1 radical (unpaired) electrons. The third-order valence-corrected chi connectivity index (χ3v) is 12.6. The summed E-state index contributed by atoms with van der Waals surface area (Å²) in [6, 6.07) is 0. The molecule has 0 aliphatic heterocycles. The van der Waals surface area contributed by atoms with Crippen molar-refractivity contribution in [2.75, 3.05) is 0 Å². The van der Waals surface area contributed by atoms with Gasteiger partial charge in [-0.1, -0.05) is 0 Å². The summed E-state index contributed by atoms with van der Waals surface area (Å²) in [5, 5.41) is 0. The summed E-state index contributed by atoms with van der Waals surface area (Å²) in [6.07, 6.45) is 14.9. The van der Waals surface area contributed by atoms with Crippen molar-refractivity contribution in [2.45, 2.75) is 98.3 Å². The Hall–Kier alpha value is 0.799. The fourth-order valence-corrected chi connectivity index (χ4v) is 8.05. The first-order valence-corrected chi connectivity index (χ1v) is 14.2. The molecule has 0 amide bonds. The Morgan fingerprint density at radius 1 is 0.529 bits per heavy atom. The van der Waals surface area contributed by atoms with Crippen LogP contribution in [0, 0.1) is 0 Å². The average molecular weight is 346 g/mol. The second-order valence-corrected chi connectivity index (χ2v) is 15.1. The van der Waals surface area contributed by atoms with Crippen molar-refractivity contribution >= 4 is 19.8 Å². The molecule has 0 atom stereocenters. The van der Waals surface area contributed by atoms with Crippen molar-refractivity contribution in [2.24, 2.45) is 0 Å². The van der Waals surface area contributed by atoms with E-state index in [9.17, 15) is 0 Å². The van der Waals surface area contributed by atoms with Crippen LogP contribution in [0.2, 0.25) is 13.3 Å². The van der Waals surface area contributed by atoms with Gasteiger partial charge in [0.05, 0.1) is 0 Å². The van der Waals surface area contributed by atoms with Gasteiger partial charge in [-0.05, 0) is 0 Å². The summed E-state index contributed by atoms with van der Waals surface area (Å²) in [7, 11) is 0. The van der Waals surface area contributed by atoms with Crippen molar-refractivity contribution in [3.05, 3.63) is 0 Å². The summed E-state index contributed by atoms with van der Waals surface area (Å²) in [5.41, 5.74) is 0. The number of hydrogen-bond acceptors (Lipinski definition) is 0. The SMILES string of the molecule is CCCCCCCCCCC[CH2][Sn]([CH2]C)[CH2]C. The molecule has 0 unspecified atom stereocenters. The zero-order valence-electron chi connectivity index (χ0n) is 12.7. The van der Waals surface area contributed by atoms with Gasteiger partial charge in [-0.25, -0.2) is 0 Å². The van der Waals surface area contributed by atoms with Crippen molar-refractivity contribution in [1.82, 2.24) is 0 Å². The van der Waals surface area contributed by atoms with Gasteiger partial charge in [-0.15, -0.1) is 0 Å². The Bertz CT molecular complexity index is 129. The molecule has 17 heavy (non-hydrogen) atoms. The van der Waals surface area contributed by atoms with E-state index in [1.165, 1.54) is 57.8 Å². The van der Waals surface area contributed by atoms with Gasteiger partial charge in [-0.2, -0.15) is 0 Å². The number of rotatable bonds is 13.